The molecule has 0 radical (unpaired) electrons. The van der Waals surface area contributed by atoms with Crippen molar-refractivity contribution < 1.29 is 0 Å². The molecule has 3 aliphatic rings. The van der Waals surface area contributed by atoms with Crippen molar-refractivity contribution >= 4 is 44.8 Å². The van der Waals surface area contributed by atoms with E-state index in [4.69, 9.17) is 0 Å². The van der Waals surface area contributed by atoms with E-state index < -0.39 is 0 Å². The van der Waals surface area contributed by atoms with E-state index in [9.17, 15) is 0 Å². The normalized spacial score (nSPS) is 15.6. The Labute approximate surface area is 277 Å². The van der Waals surface area contributed by atoms with Crippen molar-refractivity contribution in [3.05, 3.63) is 180 Å². The van der Waals surface area contributed by atoms with Crippen LogP contribution in [-0.2, 0) is 5.41 Å². The molecule has 0 saturated heterocycles. The molecule has 9 rings (SSSR count). The van der Waals surface area contributed by atoms with Crippen LogP contribution >= 0.6 is 0 Å². The maximum absolute atomic E-state index is 2.49. The van der Waals surface area contributed by atoms with Crippen molar-refractivity contribution in [2.75, 3.05) is 16.3 Å². The van der Waals surface area contributed by atoms with E-state index in [0.29, 0.717) is 0 Å². The molecule has 2 heteroatoms. The Balaban J connectivity index is 1.29. The molecule has 1 heterocycles. The fraction of sp³-hybridized carbons (Fsp3) is 0.111. The molecular weight excluding hydrogens is 569 g/mol. The SMILES string of the molecule is CC1(C)c2ccccc2-c2cc(N(c3ccc4c(c3)N(c3ccccc3)CC3=CC=CC=C4C3)c3cccc4ccccc34)ccc21. The Kier molecular flexibility index (Phi) is 6.33. The van der Waals surface area contributed by atoms with Gasteiger partial charge in [-0.2, -0.15) is 0 Å². The summed E-state index contributed by atoms with van der Waals surface area (Å²) in [6, 6.07) is 49.3. The van der Waals surface area contributed by atoms with Crippen LogP contribution in [0.15, 0.2) is 163 Å². The number of rotatable bonds is 4. The maximum Gasteiger partial charge on any atom is 0.0540 e. The lowest BCUT2D eigenvalue weighted by Crippen LogP contribution is -2.20. The third-order valence-electron chi connectivity index (χ3n) is 10.3. The quantitative estimate of drug-likeness (QED) is 0.197. The van der Waals surface area contributed by atoms with Crippen molar-refractivity contribution in [2.24, 2.45) is 0 Å². The molecule has 0 spiro atoms. The van der Waals surface area contributed by atoms with Gasteiger partial charge in [-0.3, -0.25) is 0 Å². The number of allylic oxidation sites excluding steroid dienone is 5. The summed E-state index contributed by atoms with van der Waals surface area (Å²) in [6.45, 7) is 5.55. The monoisotopic (exact) mass is 604 g/mol. The zero-order valence-corrected chi connectivity index (χ0v) is 26.8. The zero-order valence-electron chi connectivity index (χ0n) is 26.8. The van der Waals surface area contributed by atoms with Gasteiger partial charge >= 0.3 is 0 Å². The standard InChI is InChI=1S/C45H36N2/c1-45(2)41-21-11-10-20-39(41)40-28-35(24-26-42(40)45)47(43-22-12-16-32-14-8-9-19-37(32)43)36-23-25-38-33-15-7-6-13-31(27-33)30-46(44(38)29-36)34-17-4-3-5-18-34/h3-26,28-29H,27,30H2,1-2H3. The van der Waals surface area contributed by atoms with E-state index in [-0.39, 0.29) is 5.41 Å². The van der Waals surface area contributed by atoms with Gasteiger partial charge in [0.2, 0.25) is 0 Å². The Morgan fingerprint density at radius 3 is 2.23 bits per heavy atom. The Bertz CT molecular complexity index is 2280. The largest absolute Gasteiger partial charge is 0.337 e. The van der Waals surface area contributed by atoms with Crippen molar-refractivity contribution in [3.8, 4) is 11.1 Å². The van der Waals surface area contributed by atoms with Crippen molar-refractivity contribution in [3.63, 3.8) is 0 Å². The van der Waals surface area contributed by atoms with Crippen LogP contribution < -0.4 is 9.80 Å². The lowest BCUT2D eigenvalue weighted by Gasteiger charge is -2.31. The average Bonchev–Trinajstić information content (AvgIpc) is 3.30. The smallest absolute Gasteiger partial charge is 0.0540 e. The van der Waals surface area contributed by atoms with Crippen LogP contribution in [0.1, 0.15) is 37.0 Å². The van der Waals surface area contributed by atoms with Gasteiger partial charge in [-0.15, -0.1) is 0 Å². The topological polar surface area (TPSA) is 6.48 Å². The Hall–Kier alpha value is -5.60. The third kappa shape index (κ3) is 4.47. The number of benzene rings is 6. The van der Waals surface area contributed by atoms with Gasteiger partial charge in [0.15, 0.2) is 0 Å². The van der Waals surface area contributed by atoms with Gasteiger partial charge in [0.25, 0.3) is 0 Å². The lowest BCUT2D eigenvalue weighted by atomic mass is 9.82. The van der Waals surface area contributed by atoms with E-state index in [2.05, 4.69) is 181 Å². The molecule has 0 fully saturated rings. The second-order valence-corrected chi connectivity index (χ2v) is 13.4. The maximum atomic E-state index is 2.49. The predicted molar refractivity (Wildman–Crippen MR) is 199 cm³/mol. The zero-order chi connectivity index (χ0) is 31.5. The van der Waals surface area contributed by atoms with Crippen molar-refractivity contribution in [1.82, 2.24) is 0 Å². The highest BCUT2D eigenvalue weighted by Gasteiger charge is 2.35. The first-order chi connectivity index (χ1) is 23.1. The van der Waals surface area contributed by atoms with Crippen LogP contribution in [0, 0.1) is 0 Å². The second-order valence-electron chi connectivity index (χ2n) is 13.4. The molecule has 226 valence electrons. The van der Waals surface area contributed by atoms with Crippen LogP contribution in [0.2, 0.25) is 0 Å². The molecule has 2 aliphatic carbocycles. The fourth-order valence-electron chi connectivity index (χ4n) is 7.98. The summed E-state index contributed by atoms with van der Waals surface area (Å²) in [5, 5.41) is 2.47. The van der Waals surface area contributed by atoms with Crippen molar-refractivity contribution in [1.29, 1.82) is 0 Å². The molecule has 6 aromatic rings. The number of fused-ring (bicyclic) bond motifs is 8. The minimum Gasteiger partial charge on any atom is -0.337 e. The number of hydrogen-bond donors (Lipinski definition) is 0. The summed E-state index contributed by atoms with van der Waals surface area (Å²) in [5.74, 6) is 0. The number of para-hydroxylation sites is 1. The molecule has 0 unspecified atom stereocenters. The van der Waals surface area contributed by atoms with E-state index in [0.717, 1.165) is 24.3 Å². The molecule has 6 aromatic carbocycles. The summed E-state index contributed by atoms with van der Waals surface area (Å²) < 4.78 is 0. The molecule has 2 bridgehead atoms. The molecule has 0 aromatic heterocycles. The van der Waals surface area contributed by atoms with Gasteiger partial charge in [0, 0.05) is 40.0 Å². The third-order valence-corrected chi connectivity index (χ3v) is 10.3. The Morgan fingerprint density at radius 1 is 0.596 bits per heavy atom. The molecule has 1 aliphatic heterocycles. The summed E-state index contributed by atoms with van der Waals surface area (Å²) in [7, 11) is 0. The minimum atomic E-state index is -0.0393. The van der Waals surface area contributed by atoms with Gasteiger partial charge in [-0.05, 0) is 87.7 Å². The summed E-state index contributed by atoms with van der Waals surface area (Å²) in [6.07, 6.45) is 9.90. The lowest BCUT2D eigenvalue weighted by molar-refractivity contribution is 0.660. The van der Waals surface area contributed by atoms with Crippen molar-refractivity contribution in [2.45, 2.75) is 25.7 Å². The van der Waals surface area contributed by atoms with Crippen LogP contribution in [0.5, 0.6) is 0 Å². The van der Waals surface area contributed by atoms with Gasteiger partial charge in [0.1, 0.15) is 0 Å². The van der Waals surface area contributed by atoms with E-state index >= 15 is 0 Å². The highest BCUT2D eigenvalue weighted by atomic mass is 15.2. The van der Waals surface area contributed by atoms with Gasteiger partial charge in [0.05, 0.1) is 11.4 Å². The first-order valence-electron chi connectivity index (χ1n) is 16.6. The highest BCUT2D eigenvalue weighted by molar-refractivity contribution is 6.00. The molecule has 47 heavy (non-hydrogen) atoms. The van der Waals surface area contributed by atoms with Gasteiger partial charge in [-0.25, -0.2) is 0 Å². The summed E-state index contributed by atoms with van der Waals surface area (Å²) >= 11 is 0. The van der Waals surface area contributed by atoms with E-state index in [1.54, 1.807) is 0 Å². The number of anilines is 5. The Morgan fingerprint density at radius 2 is 1.32 bits per heavy atom. The molecule has 2 nitrogen and oxygen atoms in total. The molecule has 0 N–H and O–H groups in total. The summed E-state index contributed by atoms with van der Waals surface area (Å²) in [5.41, 5.74) is 15.4. The summed E-state index contributed by atoms with van der Waals surface area (Å²) in [4.78, 5) is 4.96. The number of hydrogen-bond acceptors (Lipinski definition) is 2. The minimum absolute atomic E-state index is 0.0393. The first kappa shape index (κ1) is 27.7. The predicted octanol–water partition coefficient (Wildman–Crippen LogP) is 12.0. The number of nitrogens with zero attached hydrogens (tertiary/aromatic N) is 2. The molecular formula is C45H36N2. The van der Waals surface area contributed by atoms with Crippen LogP contribution in [0.3, 0.4) is 0 Å². The van der Waals surface area contributed by atoms with Crippen LogP contribution in [0.25, 0.3) is 27.5 Å². The van der Waals surface area contributed by atoms with Gasteiger partial charge in [-0.1, -0.05) is 129 Å². The average molecular weight is 605 g/mol. The second kappa shape index (κ2) is 10.7. The molecule has 0 atom stereocenters. The van der Waals surface area contributed by atoms with E-state index in [1.165, 1.54) is 66.8 Å². The molecule has 0 amide bonds. The van der Waals surface area contributed by atoms with E-state index in [1.807, 2.05) is 0 Å². The van der Waals surface area contributed by atoms with Crippen LogP contribution in [-0.4, -0.2) is 6.54 Å². The fourth-order valence-corrected chi connectivity index (χ4v) is 7.98. The first-order valence-corrected chi connectivity index (χ1v) is 16.6. The van der Waals surface area contributed by atoms with Gasteiger partial charge < -0.3 is 9.80 Å². The van der Waals surface area contributed by atoms with Crippen LogP contribution in [0.4, 0.5) is 28.4 Å². The molecule has 0 saturated carbocycles. The highest BCUT2D eigenvalue weighted by Crippen LogP contribution is 2.51.